The van der Waals surface area contributed by atoms with Gasteiger partial charge in [0.05, 0.1) is 6.21 Å². The number of ketones is 1. The number of hydrogen-bond acceptors (Lipinski definition) is 3. The van der Waals surface area contributed by atoms with E-state index in [1.807, 2.05) is 6.07 Å². The maximum Gasteiger partial charge on any atom is 0.177 e. The average Bonchev–Trinajstić information content (AvgIpc) is 2.43. The zero-order chi connectivity index (χ0) is 13.7. The van der Waals surface area contributed by atoms with Gasteiger partial charge >= 0.3 is 0 Å². The molecule has 0 saturated heterocycles. The van der Waals surface area contributed by atoms with Crippen LogP contribution in [0, 0.1) is 11.2 Å². The maximum absolute atomic E-state index is 13.6. The summed E-state index contributed by atoms with van der Waals surface area (Å²) in [6.45, 7) is 0. The Morgan fingerprint density at radius 1 is 1.21 bits per heavy atom. The first kappa shape index (κ1) is 13.0. The van der Waals surface area contributed by atoms with Gasteiger partial charge in [-0.3, -0.25) is 4.79 Å². The fourth-order valence-electron chi connectivity index (χ4n) is 1.60. The van der Waals surface area contributed by atoms with Crippen LogP contribution in [0.1, 0.15) is 5.56 Å². The topological polar surface area (TPSA) is 50.2 Å². The largest absolute Gasteiger partial charge is 0.454 e. The lowest BCUT2D eigenvalue weighted by Crippen LogP contribution is -2.03. The van der Waals surface area contributed by atoms with E-state index in [0.717, 1.165) is 6.21 Å². The number of nitrogens with one attached hydrogen (secondary N) is 1. The molecule has 0 aliphatic carbocycles. The molecule has 0 saturated carbocycles. The third-order valence-electron chi connectivity index (χ3n) is 2.51. The Balaban J connectivity index is 2.22. The van der Waals surface area contributed by atoms with E-state index in [2.05, 4.69) is 0 Å². The first-order chi connectivity index (χ1) is 9.19. The number of ether oxygens (including phenoxy) is 1. The number of carbonyl (C=O) groups excluding carboxylic acids is 1. The molecule has 0 radical (unpaired) electrons. The highest BCUT2D eigenvalue weighted by Crippen LogP contribution is 2.25. The summed E-state index contributed by atoms with van der Waals surface area (Å²) in [6, 6.07) is 13.1. The van der Waals surface area contributed by atoms with Crippen molar-refractivity contribution in [2.75, 3.05) is 0 Å². The summed E-state index contributed by atoms with van der Waals surface area (Å²) in [7, 11) is 0. The van der Waals surface area contributed by atoms with E-state index in [1.54, 1.807) is 24.3 Å². The van der Waals surface area contributed by atoms with Gasteiger partial charge < -0.3 is 10.1 Å². The van der Waals surface area contributed by atoms with Gasteiger partial charge in [0.2, 0.25) is 0 Å². The molecule has 1 N–H and O–H groups in total. The van der Waals surface area contributed by atoms with Crippen molar-refractivity contribution in [2.45, 2.75) is 6.42 Å². The third kappa shape index (κ3) is 3.48. The highest BCUT2D eigenvalue weighted by molar-refractivity contribution is 6.26. The van der Waals surface area contributed by atoms with Crippen LogP contribution in [-0.2, 0) is 11.2 Å². The van der Waals surface area contributed by atoms with E-state index in [-0.39, 0.29) is 18.0 Å². The van der Waals surface area contributed by atoms with Crippen molar-refractivity contribution in [3.05, 3.63) is 59.9 Å². The fraction of sp³-hybridized carbons (Fsp3) is 0.0667. The molecule has 19 heavy (non-hydrogen) atoms. The number of hydrogen-bond donors (Lipinski definition) is 1. The van der Waals surface area contributed by atoms with E-state index in [4.69, 9.17) is 10.1 Å². The zero-order valence-corrected chi connectivity index (χ0v) is 10.1. The number of Topliss-reactive ketones (excluding diaryl/α,β-unsaturated/α-hetero) is 1. The van der Waals surface area contributed by atoms with Crippen LogP contribution in [0.3, 0.4) is 0 Å². The van der Waals surface area contributed by atoms with E-state index in [1.165, 1.54) is 18.2 Å². The fourth-order valence-corrected chi connectivity index (χ4v) is 1.60. The van der Waals surface area contributed by atoms with Crippen molar-refractivity contribution in [1.82, 2.24) is 0 Å². The molecule has 0 amide bonds. The Morgan fingerprint density at radius 2 is 1.95 bits per heavy atom. The van der Waals surface area contributed by atoms with Crippen molar-refractivity contribution >= 4 is 12.0 Å². The minimum atomic E-state index is -0.491. The monoisotopic (exact) mass is 257 g/mol. The molecule has 2 aromatic carbocycles. The van der Waals surface area contributed by atoms with Crippen LogP contribution in [-0.4, -0.2) is 12.0 Å². The first-order valence-electron chi connectivity index (χ1n) is 5.73. The molecule has 0 fully saturated rings. The van der Waals surface area contributed by atoms with Gasteiger partial charge in [-0.1, -0.05) is 24.3 Å². The van der Waals surface area contributed by atoms with Crippen LogP contribution < -0.4 is 4.74 Å². The Kier molecular flexibility index (Phi) is 4.03. The molecule has 3 nitrogen and oxygen atoms in total. The molecule has 2 rings (SSSR count). The predicted octanol–water partition coefficient (Wildman–Crippen LogP) is 3.38. The van der Waals surface area contributed by atoms with Gasteiger partial charge in [-0.25, -0.2) is 4.39 Å². The lowest BCUT2D eigenvalue weighted by atomic mass is 10.1. The van der Waals surface area contributed by atoms with Crippen molar-refractivity contribution in [2.24, 2.45) is 0 Å². The number of carbonyl (C=O) groups is 1. The summed E-state index contributed by atoms with van der Waals surface area (Å²) < 4.78 is 19.0. The highest BCUT2D eigenvalue weighted by atomic mass is 19.1. The van der Waals surface area contributed by atoms with Crippen LogP contribution in [0.25, 0.3) is 0 Å². The summed E-state index contributed by atoms with van der Waals surface area (Å²) in [5.74, 6) is -0.231. The molecule has 0 aromatic heterocycles. The van der Waals surface area contributed by atoms with Crippen molar-refractivity contribution in [3.8, 4) is 11.5 Å². The Labute approximate surface area is 110 Å². The van der Waals surface area contributed by atoms with Crippen LogP contribution in [0.15, 0.2) is 48.5 Å². The second-order valence-electron chi connectivity index (χ2n) is 3.97. The summed E-state index contributed by atoms with van der Waals surface area (Å²) in [5, 5.41) is 6.85. The van der Waals surface area contributed by atoms with Crippen LogP contribution in [0.2, 0.25) is 0 Å². The number of halogens is 1. The average molecular weight is 257 g/mol. The zero-order valence-electron chi connectivity index (χ0n) is 10.1. The molecule has 96 valence electrons. The van der Waals surface area contributed by atoms with Gasteiger partial charge in [0.15, 0.2) is 17.3 Å². The standard InChI is InChI=1S/C15H12FNO2/c16-14-7-6-11(8-12(18)10-17)9-15(14)19-13-4-2-1-3-5-13/h1-7,9-10,17H,8H2. The van der Waals surface area contributed by atoms with Crippen LogP contribution >= 0.6 is 0 Å². The molecule has 2 aromatic rings. The smallest absolute Gasteiger partial charge is 0.177 e. The minimum Gasteiger partial charge on any atom is -0.454 e. The van der Waals surface area contributed by atoms with Crippen LogP contribution in [0.5, 0.6) is 11.5 Å². The molecular formula is C15H12FNO2. The highest BCUT2D eigenvalue weighted by Gasteiger charge is 2.08. The third-order valence-corrected chi connectivity index (χ3v) is 2.51. The Hall–Kier alpha value is -2.49. The van der Waals surface area contributed by atoms with Gasteiger partial charge in [-0.15, -0.1) is 0 Å². The van der Waals surface area contributed by atoms with Gasteiger partial charge in [-0.05, 0) is 29.8 Å². The second-order valence-corrected chi connectivity index (χ2v) is 3.97. The van der Waals surface area contributed by atoms with Gasteiger partial charge in [0, 0.05) is 6.42 Å². The molecule has 0 heterocycles. The number of rotatable bonds is 5. The molecule has 0 aliphatic rings. The van der Waals surface area contributed by atoms with Crippen molar-refractivity contribution < 1.29 is 13.9 Å². The molecular weight excluding hydrogens is 245 g/mol. The van der Waals surface area contributed by atoms with E-state index >= 15 is 0 Å². The SMILES string of the molecule is N=CC(=O)Cc1ccc(F)c(Oc2ccccc2)c1. The van der Waals surface area contributed by atoms with E-state index < -0.39 is 5.82 Å². The predicted molar refractivity (Wildman–Crippen MR) is 70.4 cm³/mol. The van der Waals surface area contributed by atoms with Crippen molar-refractivity contribution in [3.63, 3.8) is 0 Å². The normalized spacial score (nSPS) is 9.95. The summed E-state index contributed by atoms with van der Waals surface area (Å²) >= 11 is 0. The van der Waals surface area contributed by atoms with E-state index in [9.17, 15) is 9.18 Å². The lowest BCUT2D eigenvalue weighted by molar-refractivity contribution is -0.112. The lowest BCUT2D eigenvalue weighted by Gasteiger charge is -2.08. The molecule has 0 spiro atoms. The van der Waals surface area contributed by atoms with Crippen molar-refractivity contribution in [1.29, 1.82) is 5.41 Å². The molecule has 4 heteroatoms. The first-order valence-corrected chi connectivity index (χ1v) is 5.73. The van der Waals surface area contributed by atoms with Gasteiger partial charge in [-0.2, -0.15) is 0 Å². The van der Waals surface area contributed by atoms with Crippen LogP contribution in [0.4, 0.5) is 4.39 Å². The summed E-state index contributed by atoms with van der Waals surface area (Å²) in [4.78, 5) is 11.2. The van der Waals surface area contributed by atoms with Gasteiger partial charge in [0.25, 0.3) is 0 Å². The van der Waals surface area contributed by atoms with E-state index in [0.29, 0.717) is 11.3 Å². The molecule has 0 bridgehead atoms. The minimum absolute atomic E-state index is 0.0644. The maximum atomic E-state index is 13.6. The van der Waals surface area contributed by atoms with Gasteiger partial charge in [0.1, 0.15) is 5.75 Å². The quantitative estimate of drug-likeness (QED) is 0.835. The molecule has 0 atom stereocenters. The summed E-state index contributed by atoms with van der Waals surface area (Å²) in [5.41, 5.74) is 0.612. The Morgan fingerprint density at radius 3 is 2.63 bits per heavy atom. The second kappa shape index (κ2) is 5.91. The molecule has 0 aliphatic heterocycles. The number of benzene rings is 2. The molecule has 0 unspecified atom stereocenters. The summed E-state index contributed by atoms with van der Waals surface area (Å²) in [6.07, 6.45) is 0.815. The number of para-hydroxylation sites is 1. The Bertz CT molecular complexity index is 596.